The summed E-state index contributed by atoms with van der Waals surface area (Å²) in [4.78, 5) is 24.3. The molecule has 1 aliphatic heterocycles. The molecule has 0 radical (unpaired) electrons. The molecule has 166 valence electrons. The lowest BCUT2D eigenvalue weighted by Crippen LogP contribution is -2.42. The minimum absolute atomic E-state index is 0.0130. The summed E-state index contributed by atoms with van der Waals surface area (Å²) in [6.45, 7) is 4.34. The van der Waals surface area contributed by atoms with Crippen LogP contribution in [-0.4, -0.2) is 44.3 Å². The lowest BCUT2D eigenvalue weighted by Gasteiger charge is -2.34. The number of carbonyl (C=O) groups is 2. The van der Waals surface area contributed by atoms with Crippen LogP contribution in [0, 0.1) is 17.7 Å². The lowest BCUT2D eigenvalue weighted by molar-refractivity contribution is -0.119. The first kappa shape index (κ1) is 22.9. The number of carbonyl (C=O) groups excluding carboxylic acids is 2. The molecule has 2 unspecified atom stereocenters. The molecule has 7 nitrogen and oxygen atoms in total. The molecule has 0 bridgehead atoms. The SMILES string of the molecule is CC1CC(C)CN(S(=O)(=O)c2cccc(C(=O)OCC(=O)Nc3ccc(F)cc3)c2)C1. The van der Waals surface area contributed by atoms with Crippen molar-refractivity contribution >= 4 is 27.6 Å². The number of esters is 1. The van der Waals surface area contributed by atoms with Gasteiger partial charge in [0.15, 0.2) is 6.61 Å². The van der Waals surface area contributed by atoms with Crippen LogP contribution >= 0.6 is 0 Å². The van der Waals surface area contributed by atoms with Gasteiger partial charge in [-0.2, -0.15) is 4.31 Å². The molecular formula is C22H25FN2O5S. The van der Waals surface area contributed by atoms with Crippen molar-refractivity contribution in [1.29, 1.82) is 0 Å². The Balaban J connectivity index is 1.64. The van der Waals surface area contributed by atoms with Gasteiger partial charge in [-0.1, -0.05) is 19.9 Å². The maximum Gasteiger partial charge on any atom is 0.338 e. The van der Waals surface area contributed by atoms with Gasteiger partial charge in [-0.15, -0.1) is 0 Å². The lowest BCUT2D eigenvalue weighted by atomic mass is 9.94. The van der Waals surface area contributed by atoms with E-state index in [9.17, 15) is 22.4 Å². The third-order valence-electron chi connectivity index (χ3n) is 5.01. The number of piperidine rings is 1. The monoisotopic (exact) mass is 448 g/mol. The number of rotatable bonds is 6. The number of ether oxygens (including phenoxy) is 1. The number of amides is 1. The normalized spacial score (nSPS) is 19.6. The second kappa shape index (κ2) is 9.57. The maximum absolute atomic E-state index is 13.0. The predicted molar refractivity (Wildman–Crippen MR) is 113 cm³/mol. The van der Waals surface area contributed by atoms with Gasteiger partial charge in [-0.3, -0.25) is 4.79 Å². The van der Waals surface area contributed by atoms with Crippen LogP contribution in [0.5, 0.6) is 0 Å². The number of benzene rings is 2. The van der Waals surface area contributed by atoms with Crippen LogP contribution in [-0.2, 0) is 19.6 Å². The van der Waals surface area contributed by atoms with E-state index in [-0.39, 0.29) is 22.3 Å². The molecule has 2 aromatic rings. The van der Waals surface area contributed by atoms with Crippen LogP contribution in [0.3, 0.4) is 0 Å². The van der Waals surface area contributed by atoms with Gasteiger partial charge >= 0.3 is 5.97 Å². The Labute approximate surface area is 181 Å². The minimum atomic E-state index is -3.74. The van der Waals surface area contributed by atoms with E-state index in [2.05, 4.69) is 5.32 Å². The number of anilines is 1. The molecule has 3 rings (SSSR count). The maximum atomic E-state index is 13.0. The van der Waals surface area contributed by atoms with Gasteiger partial charge in [0.05, 0.1) is 10.5 Å². The fraction of sp³-hybridized carbons (Fsp3) is 0.364. The van der Waals surface area contributed by atoms with Gasteiger partial charge < -0.3 is 10.1 Å². The highest BCUT2D eigenvalue weighted by Crippen LogP contribution is 2.27. The Morgan fingerprint density at radius 3 is 2.39 bits per heavy atom. The van der Waals surface area contributed by atoms with Crippen molar-refractivity contribution in [2.75, 3.05) is 25.0 Å². The van der Waals surface area contributed by atoms with Gasteiger partial charge in [0, 0.05) is 18.8 Å². The minimum Gasteiger partial charge on any atom is -0.452 e. The van der Waals surface area contributed by atoms with Crippen LogP contribution in [0.15, 0.2) is 53.4 Å². The molecule has 1 fully saturated rings. The largest absolute Gasteiger partial charge is 0.452 e. The summed E-state index contributed by atoms with van der Waals surface area (Å²) in [6.07, 6.45) is 0.971. The molecule has 1 amide bonds. The second-order valence-corrected chi connectivity index (χ2v) is 9.87. The van der Waals surface area contributed by atoms with Crippen molar-refractivity contribution in [2.24, 2.45) is 11.8 Å². The Kier molecular flexibility index (Phi) is 7.07. The van der Waals surface area contributed by atoms with E-state index in [1.165, 1.54) is 52.8 Å². The summed E-state index contributed by atoms with van der Waals surface area (Å²) < 4.78 is 45.4. The summed E-state index contributed by atoms with van der Waals surface area (Å²) in [5, 5.41) is 2.48. The first-order valence-electron chi connectivity index (χ1n) is 9.98. The van der Waals surface area contributed by atoms with Gasteiger partial charge in [0.1, 0.15) is 5.82 Å². The number of halogens is 1. The van der Waals surface area contributed by atoms with Crippen molar-refractivity contribution < 1.29 is 27.1 Å². The standard InChI is InChI=1S/C22H25FN2O5S/c1-15-10-16(2)13-25(12-15)31(28,29)20-5-3-4-17(11-20)22(27)30-14-21(26)24-19-8-6-18(23)7-9-19/h3-9,11,15-16H,10,12-14H2,1-2H3,(H,24,26). The summed E-state index contributed by atoms with van der Waals surface area (Å²) >= 11 is 0. The van der Waals surface area contributed by atoms with E-state index in [0.29, 0.717) is 18.8 Å². The van der Waals surface area contributed by atoms with Crippen molar-refractivity contribution in [1.82, 2.24) is 4.31 Å². The predicted octanol–water partition coefficient (Wildman–Crippen LogP) is 3.29. The van der Waals surface area contributed by atoms with Crippen LogP contribution in [0.1, 0.15) is 30.6 Å². The van der Waals surface area contributed by atoms with Gasteiger partial charge in [0.25, 0.3) is 5.91 Å². The van der Waals surface area contributed by atoms with Crippen LogP contribution < -0.4 is 5.32 Å². The Morgan fingerprint density at radius 1 is 1.10 bits per heavy atom. The highest BCUT2D eigenvalue weighted by atomic mass is 32.2. The second-order valence-electron chi connectivity index (χ2n) is 7.93. The first-order chi connectivity index (χ1) is 14.6. The Morgan fingerprint density at radius 2 is 1.74 bits per heavy atom. The van der Waals surface area contributed by atoms with Crippen molar-refractivity contribution in [3.05, 3.63) is 59.9 Å². The van der Waals surface area contributed by atoms with Crippen molar-refractivity contribution in [3.63, 3.8) is 0 Å². The summed E-state index contributed by atoms with van der Waals surface area (Å²) in [7, 11) is -3.74. The van der Waals surface area contributed by atoms with E-state index < -0.39 is 34.3 Å². The molecule has 0 aromatic heterocycles. The van der Waals surface area contributed by atoms with Gasteiger partial charge in [-0.25, -0.2) is 17.6 Å². The van der Waals surface area contributed by atoms with E-state index in [1.54, 1.807) is 0 Å². The zero-order valence-electron chi connectivity index (χ0n) is 17.4. The average Bonchev–Trinajstić information content (AvgIpc) is 2.73. The number of nitrogens with one attached hydrogen (secondary N) is 1. The molecular weight excluding hydrogens is 423 g/mol. The van der Waals surface area contributed by atoms with Crippen LogP contribution in [0.4, 0.5) is 10.1 Å². The van der Waals surface area contributed by atoms with E-state index in [0.717, 1.165) is 6.42 Å². The molecule has 2 atom stereocenters. The number of hydrogen-bond acceptors (Lipinski definition) is 5. The van der Waals surface area contributed by atoms with E-state index in [1.807, 2.05) is 13.8 Å². The van der Waals surface area contributed by atoms with Gasteiger partial charge in [-0.05, 0) is 60.7 Å². The van der Waals surface area contributed by atoms with E-state index >= 15 is 0 Å². The Bertz CT molecular complexity index is 1050. The highest BCUT2D eigenvalue weighted by molar-refractivity contribution is 7.89. The van der Waals surface area contributed by atoms with Crippen molar-refractivity contribution in [3.8, 4) is 0 Å². The fourth-order valence-corrected chi connectivity index (χ4v) is 5.41. The average molecular weight is 449 g/mol. The highest BCUT2D eigenvalue weighted by Gasteiger charge is 2.32. The smallest absolute Gasteiger partial charge is 0.338 e. The molecule has 9 heteroatoms. The first-order valence-corrected chi connectivity index (χ1v) is 11.4. The molecule has 0 saturated carbocycles. The quantitative estimate of drug-likeness (QED) is 0.685. The molecule has 2 aromatic carbocycles. The van der Waals surface area contributed by atoms with Crippen LogP contribution in [0.2, 0.25) is 0 Å². The fourth-order valence-electron chi connectivity index (χ4n) is 3.68. The number of hydrogen-bond donors (Lipinski definition) is 1. The zero-order chi connectivity index (χ0) is 22.6. The number of sulfonamides is 1. The van der Waals surface area contributed by atoms with Gasteiger partial charge in [0.2, 0.25) is 10.0 Å². The third kappa shape index (κ3) is 5.89. The summed E-state index contributed by atoms with van der Waals surface area (Å²) in [6, 6.07) is 10.8. The molecule has 0 aliphatic carbocycles. The van der Waals surface area contributed by atoms with E-state index in [4.69, 9.17) is 4.74 Å². The van der Waals surface area contributed by atoms with Crippen LogP contribution in [0.25, 0.3) is 0 Å². The molecule has 0 spiro atoms. The molecule has 1 saturated heterocycles. The summed E-state index contributed by atoms with van der Waals surface area (Å²) in [5.74, 6) is -1.34. The summed E-state index contributed by atoms with van der Waals surface area (Å²) in [5.41, 5.74) is 0.397. The molecule has 1 aliphatic rings. The molecule has 1 heterocycles. The number of nitrogens with zero attached hydrogens (tertiary/aromatic N) is 1. The Hall–Kier alpha value is -2.78. The third-order valence-corrected chi connectivity index (χ3v) is 6.83. The molecule has 31 heavy (non-hydrogen) atoms. The topological polar surface area (TPSA) is 92.8 Å². The zero-order valence-corrected chi connectivity index (χ0v) is 18.2. The van der Waals surface area contributed by atoms with Crippen molar-refractivity contribution in [2.45, 2.75) is 25.2 Å². The molecule has 1 N–H and O–H groups in total.